The molecule has 1 aromatic rings. The molecule has 0 atom stereocenters. The number of hydrogen-bond donors (Lipinski definition) is 0. The molecule has 0 unspecified atom stereocenters. The van der Waals surface area contributed by atoms with E-state index in [1.807, 2.05) is 37.3 Å². The van der Waals surface area contributed by atoms with Gasteiger partial charge in [0.25, 0.3) is 0 Å². The van der Waals surface area contributed by atoms with E-state index in [4.69, 9.17) is 4.89 Å². The Morgan fingerprint density at radius 2 is 2.00 bits per heavy atom. The Morgan fingerprint density at radius 3 is 2.60 bits per heavy atom. The largest absolute Gasteiger partial charge is 0.441 e. The molecule has 15 heavy (non-hydrogen) atoms. The number of benzene rings is 1. The lowest BCUT2D eigenvalue weighted by molar-refractivity contribution is -0.254. The molecular weight excluding hydrogens is 194 g/mol. The summed E-state index contributed by atoms with van der Waals surface area (Å²) in [7, 11) is 1.65. The van der Waals surface area contributed by atoms with Crippen molar-refractivity contribution in [2.45, 2.75) is 13.5 Å². The van der Waals surface area contributed by atoms with E-state index in [9.17, 15) is 4.79 Å². The van der Waals surface area contributed by atoms with Gasteiger partial charge in [-0.15, -0.1) is 0 Å². The molecule has 1 aromatic carbocycles. The molecule has 0 radical (unpaired) electrons. The summed E-state index contributed by atoms with van der Waals surface area (Å²) in [4.78, 5) is 22.0. The van der Waals surface area contributed by atoms with Crippen LogP contribution in [0.5, 0.6) is 0 Å². The van der Waals surface area contributed by atoms with Gasteiger partial charge in [-0.05, 0) is 12.5 Å². The lowest BCUT2D eigenvalue weighted by Crippen LogP contribution is -2.27. The molecule has 0 fully saturated rings. The second-order valence-corrected chi connectivity index (χ2v) is 3.11. The van der Waals surface area contributed by atoms with Gasteiger partial charge < -0.3 is 4.90 Å². The van der Waals surface area contributed by atoms with Crippen LogP contribution in [0.25, 0.3) is 0 Å². The van der Waals surface area contributed by atoms with Crippen LogP contribution in [-0.4, -0.2) is 24.6 Å². The number of amides is 1. The summed E-state index contributed by atoms with van der Waals surface area (Å²) in [5.74, 6) is 0. The lowest BCUT2D eigenvalue weighted by Gasteiger charge is -2.12. The SMILES string of the molecule is CCN(C)C(=O)OOCc1ccccc1. The summed E-state index contributed by atoms with van der Waals surface area (Å²) >= 11 is 0. The fourth-order valence-corrected chi connectivity index (χ4v) is 0.915. The molecule has 0 saturated heterocycles. The zero-order valence-electron chi connectivity index (χ0n) is 8.97. The number of nitrogens with zero attached hydrogens (tertiary/aromatic N) is 1. The van der Waals surface area contributed by atoms with Crippen molar-refractivity contribution in [3.63, 3.8) is 0 Å². The predicted octanol–water partition coefficient (Wildman–Crippen LogP) is 2.21. The molecule has 0 aliphatic heterocycles. The van der Waals surface area contributed by atoms with Crippen molar-refractivity contribution < 1.29 is 14.6 Å². The number of hydrogen-bond acceptors (Lipinski definition) is 3. The number of carbonyl (C=O) groups is 1. The van der Waals surface area contributed by atoms with E-state index in [0.29, 0.717) is 6.54 Å². The normalized spacial score (nSPS) is 9.73. The van der Waals surface area contributed by atoms with Gasteiger partial charge in [-0.25, -0.2) is 4.79 Å². The van der Waals surface area contributed by atoms with Crippen LogP contribution in [0, 0.1) is 0 Å². The molecular formula is C11H15NO3. The van der Waals surface area contributed by atoms with Crippen molar-refractivity contribution >= 4 is 6.09 Å². The van der Waals surface area contributed by atoms with Gasteiger partial charge >= 0.3 is 6.09 Å². The fraction of sp³-hybridized carbons (Fsp3) is 0.364. The first-order valence-electron chi connectivity index (χ1n) is 4.82. The minimum atomic E-state index is -0.478. The van der Waals surface area contributed by atoms with Crippen molar-refractivity contribution in [1.29, 1.82) is 0 Å². The molecule has 1 rings (SSSR count). The van der Waals surface area contributed by atoms with Crippen LogP contribution in [0.3, 0.4) is 0 Å². The number of rotatable bonds is 4. The van der Waals surface area contributed by atoms with Gasteiger partial charge in [-0.2, -0.15) is 4.89 Å². The first-order chi connectivity index (χ1) is 7.24. The minimum Gasteiger partial charge on any atom is -0.309 e. The van der Waals surface area contributed by atoms with Gasteiger partial charge in [-0.1, -0.05) is 30.3 Å². The summed E-state index contributed by atoms with van der Waals surface area (Å²) in [5, 5.41) is 0. The van der Waals surface area contributed by atoms with Crippen LogP contribution in [-0.2, 0) is 16.4 Å². The standard InChI is InChI=1S/C11H15NO3/c1-3-12(2)11(13)15-14-9-10-7-5-4-6-8-10/h4-8H,3,9H2,1-2H3. The summed E-state index contributed by atoms with van der Waals surface area (Å²) in [5.41, 5.74) is 0.962. The molecule has 0 heterocycles. The van der Waals surface area contributed by atoms with Gasteiger partial charge in [0.1, 0.15) is 6.61 Å². The molecule has 0 aromatic heterocycles. The van der Waals surface area contributed by atoms with Crippen LogP contribution in [0.1, 0.15) is 12.5 Å². The molecule has 1 amide bonds. The highest BCUT2D eigenvalue weighted by molar-refractivity contribution is 5.66. The average molecular weight is 209 g/mol. The smallest absolute Gasteiger partial charge is 0.309 e. The van der Waals surface area contributed by atoms with E-state index in [2.05, 4.69) is 4.89 Å². The molecule has 82 valence electrons. The first-order valence-corrected chi connectivity index (χ1v) is 4.82. The van der Waals surface area contributed by atoms with Gasteiger partial charge in [0, 0.05) is 13.6 Å². The molecule has 0 aliphatic rings. The van der Waals surface area contributed by atoms with Crippen molar-refractivity contribution in [3.8, 4) is 0 Å². The zero-order valence-corrected chi connectivity index (χ0v) is 8.97. The highest BCUT2D eigenvalue weighted by Crippen LogP contribution is 2.01. The predicted molar refractivity (Wildman–Crippen MR) is 56.0 cm³/mol. The van der Waals surface area contributed by atoms with E-state index < -0.39 is 6.09 Å². The Bertz CT molecular complexity index is 300. The first kappa shape index (κ1) is 11.5. The third kappa shape index (κ3) is 3.99. The molecule has 0 saturated carbocycles. The summed E-state index contributed by atoms with van der Waals surface area (Å²) < 4.78 is 0. The lowest BCUT2D eigenvalue weighted by atomic mass is 10.2. The van der Waals surface area contributed by atoms with Gasteiger partial charge in [0.2, 0.25) is 0 Å². The summed E-state index contributed by atoms with van der Waals surface area (Å²) in [6.45, 7) is 2.72. The maximum Gasteiger partial charge on any atom is 0.441 e. The Kier molecular flexibility index (Phi) is 4.63. The topological polar surface area (TPSA) is 38.8 Å². The zero-order chi connectivity index (χ0) is 11.1. The maximum atomic E-state index is 11.1. The van der Waals surface area contributed by atoms with Gasteiger partial charge in [0.05, 0.1) is 0 Å². The molecule has 0 N–H and O–H groups in total. The van der Waals surface area contributed by atoms with Crippen molar-refractivity contribution in [2.75, 3.05) is 13.6 Å². The van der Waals surface area contributed by atoms with E-state index in [-0.39, 0.29) is 6.61 Å². The minimum absolute atomic E-state index is 0.268. The Labute approximate surface area is 89.3 Å². The summed E-state index contributed by atoms with van der Waals surface area (Å²) in [6, 6.07) is 9.52. The van der Waals surface area contributed by atoms with Crippen LogP contribution >= 0.6 is 0 Å². The van der Waals surface area contributed by atoms with Crippen molar-refractivity contribution in [1.82, 2.24) is 4.90 Å². The third-order valence-corrected chi connectivity index (χ3v) is 1.98. The van der Waals surface area contributed by atoms with Crippen LogP contribution in [0.4, 0.5) is 4.79 Å². The van der Waals surface area contributed by atoms with Crippen molar-refractivity contribution in [3.05, 3.63) is 35.9 Å². The Hall–Kier alpha value is -1.55. The Morgan fingerprint density at radius 1 is 1.33 bits per heavy atom. The van der Waals surface area contributed by atoms with E-state index in [1.165, 1.54) is 4.90 Å². The summed E-state index contributed by atoms with van der Waals surface area (Å²) in [6.07, 6.45) is -0.478. The maximum absolute atomic E-state index is 11.1. The van der Waals surface area contributed by atoms with Crippen molar-refractivity contribution in [2.24, 2.45) is 0 Å². The highest BCUT2D eigenvalue weighted by atomic mass is 17.2. The quantitative estimate of drug-likeness (QED) is 0.563. The molecule has 4 nitrogen and oxygen atoms in total. The van der Waals surface area contributed by atoms with Gasteiger partial charge in [0.15, 0.2) is 0 Å². The second-order valence-electron chi connectivity index (χ2n) is 3.11. The highest BCUT2D eigenvalue weighted by Gasteiger charge is 2.08. The van der Waals surface area contributed by atoms with Crippen LogP contribution in [0.2, 0.25) is 0 Å². The Balaban J connectivity index is 2.25. The second kappa shape index (κ2) is 6.03. The van der Waals surface area contributed by atoms with Crippen LogP contribution < -0.4 is 0 Å². The monoisotopic (exact) mass is 209 g/mol. The van der Waals surface area contributed by atoms with Crippen LogP contribution in [0.15, 0.2) is 30.3 Å². The third-order valence-electron chi connectivity index (χ3n) is 1.98. The van der Waals surface area contributed by atoms with E-state index in [0.717, 1.165) is 5.56 Å². The number of carbonyl (C=O) groups excluding carboxylic acids is 1. The molecule has 0 aliphatic carbocycles. The molecule has 0 bridgehead atoms. The average Bonchev–Trinajstić information content (AvgIpc) is 2.29. The molecule has 0 spiro atoms. The van der Waals surface area contributed by atoms with E-state index >= 15 is 0 Å². The van der Waals surface area contributed by atoms with Gasteiger partial charge in [-0.3, -0.25) is 4.89 Å². The fourth-order valence-electron chi connectivity index (χ4n) is 0.915. The molecule has 4 heteroatoms. The van der Waals surface area contributed by atoms with E-state index in [1.54, 1.807) is 7.05 Å².